The van der Waals surface area contributed by atoms with Gasteiger partial charge in [-0.2, -0.15) is 9.97 Å². The van der Waals surface area contributed by atoms with Crippen LogP contribution >= 0.6 is 11.3 Å². The van der Waals surface area contributed by atoms with Gasteiger partial charge in [0.25, 0.3) is 0 Å². The largest absolute Gasteiger partial charge is 0.456 e. The number of furan rings is 1. The van der Waals surface area contributed by atoms with Crippen LogP contribution < -0.4 is 0 Å². The average Bonchev–Trinajstić information content (AvgIpc) is 3.99. The Morgan fingerprint density at radius 1 is 0.490 bits per heavy atom. The summed E-state index contributed by atoms with van der Waals surface area (Å²) < 4.78 is 98.5. The Hall–Kier alpha value is -6.63. The first-order valence-corrected chi connectivity index (χ1v) is 16.9. The molecule has 4 aromatic heterocycles. The van der Waals surface area contributed by atoms with Crippen LogP contribution in [0.15, 0.2) is 162 Å². The van der Waals surface area contributed by atoms with Gasteiger partial charge in [0.05, 0.1) is 24.7 Å². The molecule has 0 atom stereocenters. The molecule has 0 aliphatic rings. The maximum atomic E-state index is 9.66. The van der Waals surface area contributed by atoms with E-state index in [0.717, 1.165) is 31.3 Å². The predicted molar refractivity (Wildman–Crippen MR) is 211 cm³/mol. The summed E-state index contributed by atoms with van der Waals surface area (Å²) in [5.74, 6) is 0.382. The average molecular weight is 681 g/mol. The first-order chi connectivity index (χ1) is 29.4. The van der Waals surface area contributed by atoms with Crippen LogP contribution in [0.1, 0.15) is 13.7 Å². The van der Waals surface area contributed by atoms with E-state index in [0.29, 0.717) is 11.1 Å². The van der Waals surface area contributed by atoms with Crippen molar-refractivity contribution in [1.29, 1.82) is 0 Å². The lowest BCUT2D eigenvalue weighted by Crippen LogP contribution is -2.06. The van der Waals surface area contributed by atoms with E-state index in [1.54, 1.807) is 11.3 Å². The van der Waals surface area contributed by atoms with Gasteiger partial charge in [-0.25, -0.2) is 4.98 Å². The molecule has 0 bridgehead atoms. The number of hydrogen-bond donors (Lipinski definition) is 0. The van der Waals surface area contributed by atoms with E-state index in [4.69, 9.17) is 29.0 Å². The van der Waals surface area contributed by atoms with Gasteiger partial charge < -0.3 is 4.42 Å². The summed E-state index contributed by atoms with van der Waals surface area (Å²) in [6.07, 6.45) is 0. The third-order valence-corrected chi connectivity index (χ3v) is 10.3. The minimum absolute atomic E-state index is 0.0583. The molecule has 11 rings (SSSR count). The van der Waals surface area contributed by atoms with Gasteiger partial charge in [-0.05, 0) is 41.4 Å². The highest BCUT2D eigenvalue weighted by Crippen LogP contribution is 2.39. The van der Waals surface area contributed by atoms with Gasteiger partial charge in [-0.3, -0.25) is 4.57 Å². The number of aromatic nitrogens is 4. The molecule has 0 amide bonds. The Balaban J connectivity index is 1.26. The molecule has 51 heavy (non-hydrogen) atoms. The first kappa shape index (κ1) is 20.1. The monoisotopic (exact) mass is 680 g/mol. The summed E-state index contributed by atoms with van der Waals surface area (Å²) in [6, 6.07) is 26.8. The van der Waals surface area contributed by atoms with Crippen LogP contribution in [-0.2, 0) is 0 Å². The Labute approximate surface area is 309 Å². The zero-order valence-corrected chi connectivity index (χ0v) is 27.2. The maximum Gasteiger partial charge on any atom is 0.238 e. The van der Waals surface area contributed by atoms with Crippen molar-refractivity contribution < 1.29 is 18.1 Å². The van der Waals surface area contributed by atoms with Gasteiger partial charge in [-0.1, -0.05) is 121 Å². The van der Waals surface area contributed by atoms with E-state index in [1.807, 2.05) is 84.9 Å². The molecule has 0 N–H and O–H groups in total. The fourth-order valence-electron chi connectivity index (χ4n) is 6.73. The molecule has 4 heterocycles. The van der Waals surface area contributed by atoms with Crippen molar-refractivity contribution in [3.05, 3.63) is 157 Å². The molecule has 0 radical (unpaired) electrons. The van der Waals surface area contributed by atoms with Crippen molar-refractivity contribution in [2.24, 2.45) is 0 Å². The van der Waals surface area contributed by atoms with Crippen molar-refractivity contribution in [1.82, 2.24) is 19.5 Å². The number of thiophene rings is 1. The van der Waals surface area contributed by atoms with Crippen LogP contribution in [0, 0.1) is 0 Å². The first-order valence-electron chi connectivity index (χ1n) is 21.1. The van der Waals surface area contributed by atoms with Crippen LogP contribution in [0.3, 0.4) is 0 Å². The van der Waals surface area contributed by atoms with E-state index in [9.17, 15) is 4.11 Å². The molecule has 0 aliphatic carbocycles. The molecule has 238 valence electrons. The maximum absolute atomic E-state index is 9.66. The normalized spacial score (nSPS) is 14.7. The molecule has 0 spiro atoms. The Morgan fingerprint density at radius 3 is 2.06 bits per heavy atom. The number of rotatable bonds is 4. The van der Waals surface area contributed by atoms with Crippen LogP contribution in [0.25, 0.3) is 104 Å². The number of para-hydroxylation sites is 2. The van der Waals surface area contributed by atoms with Crippen molar-refractivity contribution in [2.75, 3.05) is 0 Å². The molecular formula is C45H26N4OS. The summed E-state index contributed by atoms with van der Waals surface area (Å²) in [7, 11) is 0. The highest BCUT2D eigenvalue weighted by Gasteiger charge is 2.20. The second-order valence-electron chi connectivity index (χ2n) is 12.1. The molecular weight excluding hydrogens is 645 g/mol. The van der Waals surface area contributed by atoms with Crippen molar-refractivity contribution in [3.63, 3.8) is 0 Å². The Morgan fingerprint density at radius 2 is 1.18 bits per heavy atom. The molecule has 6 heteroatoms. The van der Waals surface area contributed by atoms with E-state index in [-0.39, 0.29) is 73.4 Å². The molecule has 0 fully saturated rings. The lowest BCUT2D eigenvalue weighted by Gasteiger charge is -2.11. The number of nitrogens with zero attached hydrogens (tertiary/aromatic N) is 4. The minimum Gasteiger partial charge on any atom is -0.456 e. The van der Waals surface area contributed by atoms with E-state index in [2.05, 4.69) is 12.1 Å². The standard InChI is InChI=1S/C45H26N4OS/c1-2-10-27(11-3-1)28-18-20-29(21-19-28)43-46-44(30-22-23-34-33-14-6-9-17-41(33)51-42(34)24-30)48-45(47-43)49-37-15-7-4-12-31(37)35-25-36-32-13-5-8-16-39(32)50-40(36)26-38(35)49/h1-26H/i4D,5D,7D,8D,12D,13D,15D,16D,25D,26D. The Kier molecular flexibility index (Phi) is 4.32. The highest BCUT2D eigenvalue weighted by molar-refractivity contribution is 7.25. The van der Waals surface area contributed by atoms with E-state index < -0.39 is 48.3 Å². The second kappa shape index (κ2) is 10.9. The van der Waals surface area contributed by atoms with Crippen LogP contribution in [-0.4, -0.2) is 19.5 Å². The number of benzene rings is 7. The van der Waals surface area contributed by atoms with Gasteiger partial charge in [0.1, 0.15) is 11.2 Å². The van der Waals surface area contributed by atoms with E-state index in [1.165, 1.54) is 4.57 Å². The van der Waals surface area contributed by atoms with Crippen LogP contribution in [0.2, 0.25) is 0 Å². The SMILES string of the molecule is [2H]c1c([2H])c([2H])c2c(oc3c([2H])c4c(c([2H])c32)c2c([2H])c([2H])c([2H])c([2H])c2n4-c2nc(-c3ccc(-c4ccccc4)cc3)nc(-c3ccc4c(c3)sc3ccccc34)n2)c1[2H]. The molecule has 0 aliphatic heterocycles. The summed E-state index contributed by atoms with van der Waals surface area (Å²) in [6.45, 7) is 0. The van der Waals surface area contributed by atoms with Crippen molar-refractivity contribution >= 4 is 75.3 Å². The summed E-state index contributed by atoms with van der Waals surface area (Å²) >= 11 is 1.63. The zero-order valence-electron chi connectivity index (χ0n) is 36.3. The third-order valence-electron chi connectivity index (χ3n) is 9.13. The van der Waals surface area contributed by atoms with Gasteiger partial charge >= 0.3 is 0 Å². The Bertz CT molecular complexity index is 3720. The molecule has 0 saturated heterocycles. The van der Waals surface area contributed by atoms with Gasteiger partial charge in [0, 0.05) is 58.9 Å². The van der Waals surface area contributed by atoms with Crippen LogP contribution in [0.5, 0.6) is 0 Å². The third kappa shape index (κ3) is 4.43. The predicted octanol–water partition coefficient (Wildman–Crippen LogP) is 12.2. The fraction of sp³-hybridized carbons (Fsp3) is 0. The van der Waals surface area contributed by atoms with Gasteiger partial charge in [-0.15, -0.1) is 11.3 Å². The van der Waals surface area contributed by atoms with Crippen molar-refractivity contribution in [2.45, 2.75) is 0 Å². The topological polar surface area (TPSA) is 56.7 Å². The zero-order chi connectivity index (χ0) is 42.2. The lowest BCUT2D eigenvalue weighted by atomic mass is 10.0. The second-order valence-corrected chi connectivity index (χ2v) is 13.2. The summed E-state index contributed by atoms with van der Waals surface area (Å²) in [5.41, 5.74) is 2.61. The van der Waals surface area contributed by atoms with E-state index >= 15 is 0 Å². The summed E-state index contributed by atoms with van der Waals surface area (Å²) in [5, 5.41) is 1.84. The van der Waals surface area contributed by atoms with Crippen LogP contribution in [0.4, 0.5) is 0 Å². The minimum atomic E-state index is -0.561. The lowest BCUT2D eigenvalue weighted by molar-refractivity contribution is 0.669. The number of fused-ring (bicyclic) bond motifs is 9. The highest BCUT2D eigenvalue weighted by atomic mass is 32.1. The summed E-state index contributed by atoms with van der Waals surface area (Å²) in [4.78, 5) is 14.9. The van der Waals surface area contributed by atoms with Gasteiger partial charge in [0.2, 0.25) is 5.95 Å². The molecule has 0 unspecified atom stereocenters. The molecule has 5 nitrogen and oxygen atoms in total. The molecule has 0 saturated carbocycles. The number of hydrogen-bond acceptors (Lipinski definition) is 5. The quantitative estimate of drug-likeness (QED) is 0.186. The smallest absolute Gasteiger partial charge is 0.238 e. The molecule has 7 aromatic carbocycles. The van der Waals surface area contributed by atoms with Gasteiger partial charge in [0.15, 0.2) is 11.6 Å². The molecule has 11 aromatic rings. The fourth-order valence-corrected chi connectivity index (χ4v) is 7.87. The van der Waals surface area contributed by atoms with Crippen molar-refractivity contribution in [3.8, 4) is 39.9 Å².